The molecule has 0 spiro atoms. The number of nitrogens with zero attached hydrogens (tertiary/aromatic N) is 2. The molecule has 1 rings (SSSR count). The van der Waals surface area contributed by atoms with Crippen molar-refractivity contribution >= 4 is 29.1 Å². The van der Waals surface area contributed by atoms with Crippen LogP contribution >= 0.6 is 11.8 Å². The summed E-state index contributed by atoms with van der Waals surface area (Å²) >= 11 is 1.20. The predicted molar refractivity (Wildman–Crippen MR) is 75.9 cm³/mol. The Labute approximate surface area is 123 Å². The second-order valence-electron chi connectivity index (χ2n) is 3.97. The molecule has 0 aliphatic heterocycles. The van der Waals surface area contributed by atoms with Crippen molar-refractivity contribution in [2.75, 3.05) is 12.9 Å². The van der Waals surface area contributed by atoms with E-state index in [1.165, 1.54) is 31.0 Å². The van der Waals surface area contributed by atoms with Crippen molar-refractivity contribution in [1.29, 1.82) is 0 Å². The molecule has 0 saturated heterocycles. The number of non-ortho nitro benzene ring substituents is 1. The Bertz CT molecular complexity index is 565. The third kappa shape index (κ3) is 4.68. The number of thioether (sulfide) groups is 1. The minimum Gasteiger partial charge on any atom is -0.468 e. The molecular weight excluding hydrogens is 302 g/mol. The molecule has 0 saturated carbocycles. The number of nitrogens with two attached hydrogens (primary N) is 1. The molecule has 114 valence electrons. The van der Waals surface area contributed by atoms with Crippen molar-refractivity contribution in [2.24, 2.45) is 5.73 Å². The van der Waals surface area contributed by atoms with Crippen molar-refractivity contribution in [1.82, 2.24) is 0 Å². The van der Waals surface area contributed by atoms with E-state index in [2.05, 4.69) is 4.74 Å². The lowest BCUT2D eigenvalue weighted by Gasteiger charge is -2.08. The van der Waals surface area contributed by atoms with Crippen molar-refractivity contribution in [3.05, 3.63) is 44.0 Å². The van der Waals surface area contributed by atoms with Crippen molar-refractivity contribution in [2.45, 2.75) is 11.8 Å². The van der Waals surface area contributed by atoms with E-state index >= 15 is 0 Å². The molecule has 21 heavy (non-hydrogen) atoms. The zero-order chi connectivity index (χ0) is 16.0. The number of nitro benzene ring substituents is 2. The van der Waals surface area contributed by atoms with Gasteiger partial charge in [0.05, 0.1) is 23.0 Å². The molecule has 0 bridgehead atoms. The van der Waals surface area contributed by atoms with Gasteiger partial charge in [-0.1, -0.05) is 0 Å². The standard InChI is InChI=1S/C11H13N3O6S/c1-20-11(15)9(12)6-21-5-7-2-3-8(13(16)17)4-10(7)14(18)19/h2-4,9H,5-6,12H2,1H3. The number of benzene rings is 1. The van der Waals surface area contributed by atoms with Crippen LogP contribution in [0.25, 0.3) is 0 Å². The first-order chi connectivity index (χ1) is 9.86. The molecule has 0 aromatic heterocycles. The molecule has 1 aromatic carbocycles. The lowest BCUT2D eigenvalue weighted by molar-refractivity contribution is -0.394. The van der Waals surface area contributed by atoms with E-state index in [9.17, 15) is 25.0 Å². The molecular formula is C11H13N3O6S. The van der Waals surface area contributed by atoms with Gasteiger partial charge in [0.1, 0.15) is 6.04 Å². The number of esters is 1. The van der Waals surface area contributed by atoms with Crippen LogP contribution in [-0.2, 0) is 15.3 Å². The Kier molecular flexibility index (Phi) is 6.06. The van der Waals surface area contributed by atoms with Crippen LogP contribution in [0.2, 0.25) is 0 Å². The summed E-state index contributed by atoms with van der Waals surface area (Å²) in [4.78, 5) is 31.3. The number of hydrogen-bond acceptors (Lipinski definition) is 8. The monoisotopic (exact) mass is 315 g/mol. The summed E-state index contributed by atoms with van der Waals surface area (Å²) in [6.07, 6.45) is 0. The fourth-order valence-corrected chi connectivity index (χ4v) is 2.44. The van der Waals surface area contributed by atoms with Crippen LogP contribution in [0.4, 0.5) is 11.4 Å². The molecule has 2 N–H and O–H groups in total. The molecule has 0 radical (unpaired) electrons. The number of hydrogen-bond donors (Lipinski definition) is 1. The second-order valence-corrected chi connectivity index (χ2v) is 5.00. The van der Waals surface area contributed by atoms with E-state index < -0.39 is 21.9 Å². The number of methoxy groups -OCH3 is 1. The van der Waals surface area contributed by atoms with E-state index in [0.717, 1.165) is 6.07 Å². The van der Waals surface area contributed by atoms with Crippen LogP contribution in [0.3, 0.4) is 0 Å². The Morgan fingerprint density at radius 1 is 1.38 bits per heavy atom. The fourth-order valence-electron chi connectivity index (χ4n) is 1.47. The zero-order valence-corrected chi connectivity index (χ0v) is 11.9. The van der Waals surface area contributed by atoms with Gasteiger partial charge in [-0.15, -0.1) is 0 Å². The summed E-state index contributed by atoms with van der Waals surface area (Å²) in [6.45, 7) is 0. The highest BCUT2D eigenvalue weighted by molar-refractivity contribution is 7.98. The Hall–Kier alpha value is -2.20. The first-order valence-electron chi connectivity index (χ1n) is 5.69. The van der Waals surface area contributed by atoms with Crippen molar-refractivity contribution in [3.8, 4) is 0 Å². The van der Waals surface area contributed by atoms with Gasteiger partial charge in [-0.25, -0.2) is 0 Å². The van der Waals surface area contributed by atoms with E-state index in [-0.39, 0.29) is 22.9 Å². The fraction of sp³-hybridized carbons (Fsp3) is 0.364. The van der Waals surface area contributed by atoms with E-state index in [1.807, 2.05) is 0 Å². The quantitative estimate of drug-likeness (QED) is 0.450. The summed E-state index contributed by atoms with van der Waals surface area (Å²) in [7, 11) is 1.22. The summed E-state index contributed by atoms with van der Waals surface area (Å²) in [5, 5.41) is 21.5. The summed E-state index contributed by atoms with van der Waals surface area (Å²) in [5.74, 6) is -0.138. The molecule has 0 fully saturated rings. The van der Waals surface area contributed by atoms with Crippen LogP contribution in [0, 0.1) is 20.2 Å². The van der Waals surface area contributed by atoms with Crippen LogP contribution in [0.1, 0.15) is 5.56 Å². The van der Waals surface area contributed by atoms with Crippen LogP contribution in [0.5, 0.6) is 0 Å². The van der Waals surface area contributed by atoms with Crippen molar-refractivity contribution < 1.29 is 19.4 Å². The maximum atomic E-state index is 11.1. The van der Waals surface area contributed by atoms with Gasteiger partial charge in [0.25, 0.3) is 11.4 Å². The van der Waals surface area contributed by atoms with Gasteiger partial charge in [-0.05, 0) is 6.07 Å². The molecule has 1 aromatic rings. The molecule has 0 aliphatic rings. The van der Waals surface area contributed by atoms with E-state index in [0.29, 0.717) is 5.56 Å². The number of carbonyl (C=O) groups is 1. The maximum Gasteiger partial charge on any atom is 0.323 e. The Morgan fingerprint density at radius 3 is 2.57 bits per heavy atom. The molecule has 0 amide bonds. The van der Waals surface area contributed by atoms with Gasteiger partial charge >= 0.3 is 5.97 Å². The van der Waals surface area contributed by atoms with E-state index in [4.69, 9.17) is 5.73 Å². The topological polar surface area (TPSA) is 139 Å². The first-order valence-corrected chi connectivity index (χ1v) is 6.85. The molecule has 0 heterocycles. The summed E-state index contributed by atoms with van der Waals surface area (Å²) in [5.41, 5.74) is 5.19. The normalized spacial score (nSPS) is 11.7. The molecule has 0 aliphatic carbocycles. The SMILES string of the molecule is COC(=O)C(N)CSCc1ccc([N+](=O)[O-])cc1[N+](=O)[O-]. The van der Waals surface area contributed by atoms with Gasteiger partial charge in [-0.3, -0.25) is 25.0 Å². The summed E-state index contributed by atoms with van der Waals surface area (Å²) < 4.78 is 4.46. The third-order valence-corrected chi connectivity index (χ3v) is 3.65. The largest absolute Gasteiger partial charge is 0.468 e. The van der Waals surface area contributed by atoms with Crippen LogP contribution in [0.15, 0.2) is 18.2 Å². The number of carbonyl (C=O) groups excluding carboxylic acids is 1. The highest BCUT2D eigenvalue weighted by atomic mass is 32.2. The van der Waals surface area contributed by atoms with Crippen molar-refractivity contribution in [3.63, 3.8) is 0 Å². The predicted octanol–water partition coefficient (Wildman–Crippen LogP) is 1.24. The molecule has 10 heteroatoms. The number of rotatable bonds is 7. The average molecular weight is 315 g/mol. The highest BCUT2D eigenvalue weighted by Crippen LogP contribution is 2.27. The highest BCUT2D eigenvalue weighted by Gasteiger charge is 2.20. The molecule has 1 atom stereocenters. The second kappa shape index (κ2) is 7.55. The molecule has 9 nitrogen and oxygen atoms in total. The van der Waals surface area contributed by atoms with Crippen LogP contribution in [-0.4, -0.2) is 34.7 Å². The van der Waals surface area contributed by atoms with Gasteiger partial charge in [0.2, 0.25) is 0 Å². The Morgan fingerprint density at radius 2 is 2.05 bits per heavy atom. The van der Waals surface area contributed by atoms with Gasteiger partial charge in [-0.2, -0.15) is 11.8 Å². The minimum atomic E-state index is -0.822. The maximum absolute atomic E-state index is 11.1. The van der Waals surface area contributed by atoms with Gasteiger partial charge in [0, 0.05) is 23.1 Å². The van der Waals surface area contributed by atoms with E-state index in [1.54, 1.807) is 0 Å². The average Bonchev–Trinajstić information content (AvgIpc) is 2.45. The minimum absolute atomic E-state index is 0.207. The summed E-state index contributed by atoms with van der Waals surface area (Å²) in [6, 6.07) is 2.61. The molecule has 1 unspecified atom stereocenters. The first kappa shape index (κ1) is 16.9. The smallest absolute Gasteiger partial charge is 0.323 e. The van der Waals surface area contributed by atoms with Gasteiger partial charge in [0.15, 0.2) is 0 Å². The number of ether oxygens (including phenoxy) is 1. The lowest BCUT2D eigenvalue weighted by Crippen LogP contribution is -2.33. The van der Waals surface area contributed by atoms with Gasteiger partial charge < -0.3 is 10.5 Å². The van der Waals surface area contributed by atoms with Crippen LogP contribution < -0.4 is 5.73 Å². The Balaban J connectivity index is 2.77. The number of nitro groups is 2. The zero-order valence-electron chi connectivity index (χ0n) is 11.1. The lowest BCUT2D eigenvalue weighted by atomic mass is 10.2. The third-order valence-electron chi connectivity index (χ3n) is 2.54.